The molecule has 1 aliphatic heterocycles. The standard InChI is InChI=1S/C31H33FN8O2/c1-31(2,38(3)4)16-20(17-33)30(41)39-14-8-9-21(18-39)40-29-26(28(34)35-19-36-29)27(37-40)24-13-12-23(15-25(24)32)42-22-10-6-5-7-11-22/h5-7,10-13,15-16,19,21H,8-9,14,18H2,1-4H3,(H2,34,35,36)/t21-/m1/s1. The minimum atomic E-state index is -0.536. The Morgan fingerprint density at radius 1 is 1.19 bits per heavy atom. The summed E-state index contributed by atoms with van der Waals surface area (Å²) in [5.74, 6) is 0.243. The van der Waals surface area contributed by atoms with E-state index in [-0.39, 0.29) is 28.9 Å². The third kappa shape index (κ3) is 5.66. The van der Waals surface area contributed by atoms with Crippen LogP contribution in [0.4, 0.5) is 10.2 Å². The van der Waals surface area contributed by atoms with Gasteiger partial charge in [-0.3, -0.25) is 4.79 Å². The number of aromatic nitrogens is 4. The molecule has 2 aromatic heterocycles. The van der Waals surface area contributed by atoms with Crippen LogP contribution in [0.15, 0.2) is 66.5 Å². The summed E-state index contributed by atoms with van der Waals surface area (Å²) in [7, 11) is 3.79. The molecule has 1 aliphatic rings. The number of likely N-dealkylation sites (tertiary alicyclic amines) is 1. The number of nitrogen functional groups attached to an aromatic ring is 1. The number of anilines is 1. The van der Waals surface area contributed by atoms with E-state index in [2.05, 4.69) is 16.0 Å². The molecule has 1 saturated heterocycles. The fourth-order valence-electron chi connectivity index (χ4n) is 4.95. The number of hydrogen-bond acceptors (Lipinski definition) is 8. The minimum Gasteiger partial charge on any atom is -0.457 e. The molecule has 0 saturated carbocycles. The molecule has 5 rings (SSSR count). The number of halogens is 1. The molecular weight excluding hydrogens is 535 g/mol. The number of likely N-dealkylation sites (N-methyl/N-ethyl adjacent to an activating group) is 1. The van der Waals surface area contributed by atoms with Gasteiger partial charge in [0, 0.05) is 30.3 Å². The van der Waals surface area contributed by atoms with E-state index >= 15 is 4.39 Å². The topological polar surface area (TPSA) is 126 Å². The number of carbonyl (C=O) groups excluding carboxylic acids is 1. The summed E-state index contributed by atoms with van der Waals surface area (Å²) in [4.78, 5) is 25.6. The highest BCUT2D eigenvalue weighted by Crippen LogP contribution is 2.36. The summed E-state index contributed by atoms with van der Waals surface area (Å²) < 4.78 is 23.0. The molecule has 216 valence electrons. The monoisotopic (exact) mass is 568 g/mol. The normalized spacial score (nSPS) is 16.1. The first-order chi connectivity index (χ1) is 20.1. The van der Waals surface area contributed by atoms with Crippen LogP contribution in [0.5, 0.6) is 11.5 Å². The van der Waals surface area contributed by atoms with E-state index in [1.165, 1.54) is 12.4 Å². The van der Waals surface area contributed by atoms with Gasteiger partial charge in [0.05, 0.1) is 11.4 Å². The maximum Gasteiger partial charge on any atom is 0.264 e. The summed E-state index contributed by atoms with van der Waals surface area (Å²) in [6.07, 6.45) is 4.45. The second-order valence-corrected chi connectivity index (χ2v) is 11.1. The quantitative estimate of drug-likeness (QED) is 0.245. The first-order valence-electron chi connectivity index (χ1n) is 13.7. The second-order valence-electron chi connectivity index (χ2n) is 11.1. The Morgan fingerprint density at radius 3 is 2.64 bits per heavy atom. The van der Waals surface area contributed by atoms with Crippen LogP contribution in [0.2, 0.25) is 0 Å². The SMILES string of the molecule is CN(C)C(C)(C)C=C(C#N)C(=O)N1CCC[C@@H](n2nc(-c3ccc(Oc4ccccc4)cc3F)c3c(N)ncnc32)C1. The van der Waals surface area contributed by atoms with Gasteiger partial charge in [-0.25, -0.2) is 19.0 Å². The zero-order chi connectivity index (χ0) is 30.0. The van der Waals surface area contributed by atoms with Gasteiger partial charge >= 0.3 is 0 Å². The molecule has 0 unspecified atom stereocenters. The van der Waals surface area contributed by atoms with Gasteiger partial charge in [-0.15, -0.1) is 0 Å². The van der Waals surface area contributed by atoms with Crippen molar-refractivity contribution in [3.63, 3.8) is 0 Å². The number of nitrogens with two attached hydrogens (primary N) is 1. The van der Waals surface area contributed by atoms with Crippen molar-refractivity contribution in [2.75, 3.05) is 32.9 Å². The summed E-state index contributed by atoms with van der Waals surface area (Å²) in [5, 5.41) is 15.0. The first-order valence-corrected chi connectivity index (χ1v) is 13.7. The van der Waals surface area contributed by atoms with Gasteiger partial charge in [0.1, 0.15) is 46.8 Å². The molecule has 42 heavy (non-hydrogen) atoms. The summed E-state index contributed by atoms with van der Waals surface area (Å²) in [6.45, 7) is 4.71. The minimum absolute atomic E-state index is 0.0896. The van der Waals surface area contributed by atoms with Crippen molar-refractivity contribution in [1.82, 2.24) is 29.5 Å². The molecule has 4 aromatic rings. The molecule has 11 heteroatoms. The van der Waals surface area contributed by atoms with Crippen molar-refractivity contribution in [3.05, 3.63) is 72.3 Å². The average molecular weight is 569 g/mol. The van der Waals surface area contributed by atoms with E-state index < -0.39 is 11.4 Å². The highest BCUT2D eigenvalue weighted by molar-refractivity contribution is 5.99. The van der Waals surface area contributed by atoms with Gasteiger partial charge in [0.25, 0.3) is 5.91 Å². The number of nitrogens with zero attached hydrogens (tertiary/aromatic N) is 7. The van der Waals surface area contributed by atoms with E-state index in [1.54, 1.807) is 39.9 Å². The molecule has 0 bridgehead atoms. The average Bonchev–Trinajstić information content (AvgIpc) is 3.37. The van der Waals surface area contributed by atoms with E-state index in [9.17, 15) is 10.1 Å². The molecule has 10 nitrogen and oxygen atoms in total. The molecule has 1 atom stereocenters. The number of para-hydroxylation sites is 1. The zero-order valence-electron chi connectivity index (χ0n) is 24.1. The number of carbonyl (C=O) groups is 1. The maximum absolute atomic E-state index is 15.5. The smallest absolute Gasteiger partial charge is 0.264 e. The van der Waals surface area contributed by atoms with Crippen LogP contribution in [0.3, 0.4) is 0 Å². The molecule has 2 aromatic carbocycles. The predicted octanol–water partition coefficient (Wildman–Crippen LogP) is 4.96. The second kappa shape index (κ2) is 11.6. The number of ether oxygens (including phenoxy) is 1. The predicted molar refractivity (Wildman–Crippen MR) is 158 cm³/mol. The van der Waals surface area contributed by atoms with Crippen LogP contribution in [-0.2, 0) is 4.79 Å². The van der Waals surface area contributed by atoms with Gasteiger partial charge in [0.15, 0.2) is 5.65 Å². The molecule has 1 amide bonds. The highest BCUT2D eigenvalue weighted by atomic mass is 19.1. The maximum atomic E-state index is 15.5. The van der Waals surface area contributed by atoms with Crippen molar-refractivity contribution in [2.45, 2.75) is 38.3 Å². The van der Waals surface area contributed by atoms with Crippen molar-refractivity contribution in [1.29, 1.82) is 5.26 Å². The summed E-state index contributed by atoms with van der Waals surface area (Å²) in [6, 6.07) is 15.5. The highest BCUT2D eigenvalue weighted by Gasteiger charge is 2.31. The largest absolute Gasteiger partial charge is 0.457 e. The van der Waals surface area contributed by atoms with Crippen LogP contribution in [-0.4, -0.2) is 68.2 Å². The van der Waals surface area contributed by atoms with Crippen LogP contribution in [0.25, 0.3) is 22.3 Å². The van der Waals surface area contributed by atoms with E-state index in [1.807, 2.05) is 51.0 Å². The molecule has 0 spiro atoms. The van der Waals surface area contributed by atoms with Gasteiger partial charge in [-0.05, 0) is 71.1 Å². The summed E-state index contributed by atoms with van der Waals surface area (Å²) in [5.41, 5.74) is 6.86. The molecule has 0 aliphatic carbocycles. The van der Waals surface area contributed by atoms with Gasteiger partial charge in [-0.1, -0.05) is 18.2 Å². The van der Waals surface area contributed by atoms with Crippen molar-refractivity contribution >= 4 is 22.8 Å². The van der Waals surface area contributed by atoms with Gasteiger partial charge in [-0.2, -0.15) is 10.4 Å². The number of amides is 1. The zero-order valence-corrected chi connectivity index (χ0v) is 24.1. The number of fused-ring (bicyclic) bond motifs is 1. The Kier molecular flexibility index (Phi) is 7.91. The van der Waals surface area contributed by atoms with Crippen LogP contribution in [0, 0.1) is 17.1 Å². The lowest BCUT2D eigenvalue weighted by Gasteiger charge is -2.34. The molecule has 3 heterocycles. The molecule has 2 N–H and O–H groups in total. The van der Waals surface area contributed by atoms with Crippen LogP contribution in [0.1, 0.15) is 32.7 Å². The fourth-order valence-corrected chi connectivity index (χ4v) is 4.95. The van der Waals surface area contributed by atoms with Gasteiger partial charge < -0.3 is 20.3 Å². The molecular formula is C31H33FN8O2. The molecule has 1 fully saturated rings. The van der Waals surface area contributed by atoms with E-state index in [4.69, 9.17) is 15.6 Å². The number of rotatable bonds is 7. The lowest BCUT2D eigenvalue weighted by molar-refractivity contribution is -0.128. The Bertz CT molecular complexity index is 1690. The Balaban J connectivity index is 1.48. The van der Waals surface area contributed by atoms with E-state index in [0.29, 0.717) is 54.2 Å². The fraction of sp³-hybridized carbons (Fsp3) is 0.323. The Labute approximate surface area is 243 Å². The third-order valence-corrected chi connectivity index (χ3v) is 7.72. The molecule has 0 radical (unpaired) electrons. The number of nitriles is 1. The van der Waals surface area contributed by atoms with Crippen molar-refractivity contribution in [3.8, 4) is 28.8 Å². The van der Waals surface area contributed by atoms with Crippen molar-refractivity contribution in [2.24, 2.45) is 0 Å². The van der Waals surface area contributed by atoms with Crippen LogP contribution >= 0.6 is 0 Å². The number of benzene rings is 2. The van der Waals surface area contributed by atoms with Crippen LogP contribution < -0.4 is 10.5 Å². The number of hydrogen-bond donors (Lipinski definition) is 1. The summed E-state index contributed by atoms with van der Waals surface area (Å²) >= 11 is 0. The van der Waals surface area contributed by atoms with Gasteiger partial charge in [0.2, 0.25) is 0 Å². The lowest BCUT2D eigenvalue weighted by Crippen LogP contribution is -2.43. The first kappa shape index (κ1) is 28.7. The third-order valence-electron chi connectivity index (χ3n) is 7.72. The van der Waals surface area contributed by atoms with Crippen molar-refractivity contribution < 1.29 is 13.9 Å². The van der Waals surface area contributed by atoms with E-state index in [0.717, 1.165) is 0 Å². The number of piperidine rings is 1. The Morgan fingerprint density at radius 2 is 1.95 bits per heavy atom. The lowest BCUT2D eigenvalue weighted by atomic mass is 9.98. The Hall–Kier alpha value is -4.82.